The minimum absolute atomic E-state index is 0.0215. The third kappa shape index (κ3) is 4.13. The molecule has 2 atom stereocenters. The zero-order valence-electron chi connectivity index (χ0n) is 23.3. The Balaban J connectivity index is 1.63. The lowest BCUT2D eigenvalue weighted by Gasteiger charge is -2.36. The number of hydrogen-bond donors (Lipinski definition) is 1. The van der Waals surface area contributed by atoms with E-state index in [2.05, 4.69) is 59.7 Å². The quantitative estimate of drug-likeness (QED) is 0.412. The number of rotatable bonds is 6. The van der Waals surface area contributed by atoms with Gasteiger partial charge in [0.05, 0.1) is 18.4 Å². The van der Waals surface area contributed by atoms with Crippen molar-refractivity contribution in [3.63, 3.8) is 0 Å². The number of carbonyl (C=O) groups is 1. The highest BCUT2D eigenvalue weighted by atomic mass is 16.5. The third-order valence-corrected chi connectivity index (χ3v) is 9.52. The van der Waals surface area contributed by atoms with Crippen molar-refractivity contribution in [3.8, 4) is 17.0 Å². The molecule has 2 aliphatic heterocycles. The first-order valence-corrected chi connectivity index (χ1v) is 14.3. The molecule has 38 heavy (non-hydrogen) atoms. The van der Waals surface area contributed by atoms with E-state index >= 15 is 0 Å². The van der Waals surface area contributed by atoms with E-state index in [0.29, 0.717) is 11.5 Å². The number of aromatic carboxylic acids is 1. The number of likely N-dealkylation sites (tertiary alicyclic amines) is 1. The van der Waals surface area contributed by atoms with E-state index in [1.54, 1.807) is 13.2 Å². The average molecular weight is 516 g/mol. The number of fused-ring (bicyclic) bond motifs is 7. The van der Waals surface area contributed by atoms with Crippen LogP contribution in [0, 0.1) is 5.41 Å². The van der Waals surface area contributed by atoms with Gasteiger partial charge in [-0.1, -0.05) is 32.3 Å². The molecular weight excluding hydrogens is 474 g/mol. The summed E-state index contributed by atoms with van der Waals surface area (Å²) in [5.41, 5.74) is 6.88. The highest BCUT2D eigenvalue weighted by molar-refractivity contribution is 5.98. The number of hydrogen-bond acceptors (Lipinski definition) is 4. The van der Waals surface area contributed by atoms with Gasteiger partial charge < -0.3 is 19.3 Å². The number of carboxylic acids is 1. The molecule has 2 fully saturated rings. The first-order valence-electron chi connectivity index (χ1n) is 14.3. The highest BCUT2D eigenvalue weighted by Gasteiger charge is 2.48. The Morgan fingerprint density at radius 2 is 1.92 bits per heavy atom. The number of nitrogens with zero attached hydrogens (tertiary/aromatic N) is 3. The summed E-state index contributed by atoms with van der Waals surface area (Å²) in [5.74, 6) is 0.548. The van der Waals surface area contributed by atoms with Crippen LogP contribution in [0.25, 0.3) is 22.2 Å². The minimum atomic E-state index is -0.861. The Hall–Kier alpha value is -2.83. The van der Waals surface area contributed by atoms with Crippen molar-refractivity contribution in [3.05, 3.63) is 53.1 Å². The van der Waals surface area contributed by atoms with Crippen LogP contribution in [-0.2, 0) is 6.54 Å². The summed E-state index contributed by atoms with van der Waals surface area (Å²) in [5, 5.41) is 11.1. The van der Waals surface area contributed by atoms with Gasteiger partial charge in [-0.25, -0.2) is 4.79 Å². The van der Waals surface area contributed by atoms with E-state index in [1.165, 1.54) is 59.9 Å². The molecule has 1 N–H and O–H groups in total. The first-order chi connectivity index (χ1) is 18.3. The molecule has 202 valence electrons. The van der Waals surface area contributed by atoms with Crippen LogP contribution < -0.4 is 4.74 Å². The van der Waals surface area contributed by atoms with E-state index in [4.69, 9.17) is 4.74 Å². The maximum atomic E-state index is 12.0. The van der Waals surface area contributed by atoms with E-state index in [1.807, 2.05) is 6.07 Å². The van der Waals surface area contributed by atoms with Crippen molar-refractivity contribution in [1.29, 1.82) is 0 Å². The van der Waals surface area contributed by atoms with Crippen molar-refractivity contribution < 1.29 is 14.6 Å². The summed E-state index contributed by atoms with van der Waals surface area (Å²) >= 11 is 0. The van der Waals surface area contributed by atoms with Gasteiger partial charge >= 0.3 is 5.97 Å². The topological polar surface area (TPSA) is 57.9 Å². The molecule has 1 aromatic heterocycles. The third-order valence-electron chi connectivity index (χ3n) is 9.52. The Kier molecular flexibility index (Phi) is 6.51. The lowest BCUT2D eigenvalue weighted by molar-refractivity contribution is 0.0697. The van der Waals surface area contributed by atoms with Gasteiger partial charge in [0.1, 0.15) is 5.75 Å². The van der Waals surface area contributed by atoms with Gasteiger partial charge in [0.15, 0.2) is 0 Å². The molecule has 3 aromatic rings. The monoisotopic (exact) mass is 515 g/mol. The van der Waals surface area contributed by atoms with Crippen LogP contribution in [0.5, 0.6) is 5.75 Å². The highest BCUT2D eigenvalue weighted by Crippen LogP contribution is 2.56. The normalized spacial score (nSPS) is 23.8. The number of aromatic nitrogens is 1. The zero-order valence-corrected chi connectivity index (χ0v) is 23.3. The van der Waals surface area contributed by atoms with Crippen LogP contribution in [0.3, 0.4) is 0 Å². The van der Waals surface area contributed by atoms with E-state index in [-0.39, 0.29) is 11.5 Å². The van der Waals surface area contributed by atoms with Crippen molar-refractivity contribution in [2.75, 3.05) is 40.8 Å². The van der Waals surface area contributed by atoms with Crippen LogP contribution in [0.4, 0.5) is 0 Å². The molecule has 0 amide bonds. The minimum Gasteiger partial charge on any atom is -0.497 e. The molecule has 2 aromatic carbocycles. The number of likely N-dealkylation sites (N-methyl/N-ethyl adjacent to an activating group) is 1. The average Bonchev–Trinajstić information content (AvgIpc) is 3.37. The molecule has 0 bridgehead atoms. The molecule has 6 nitrogen and oxygen atoms in total. The van der Waals surface area contributed by atoms with Crippen LogP contribution >= 0.6 is 0 Å². The zero-order chi connectivity index (χ0) is 26.6. The molecule has 0 unspecified atom stereocenters. The molecule has 1 saturated carbocycles. The molecule has 6 rings (SSSR count). The molecular formula is C32H41N3O3. The second-order valence-corrected chi connectivity index (χ2v) is 12.3. The molecule has 1 saturated heterocycles. The summed E-state index contributed by atoms with van der Waals surface area (Å²) in [4.78, 5) is 17.0. The van der Waals surface area contributed by atoms with Gasteiger partial charge in [-0.05, 0) is 87.3 Å². The number of ether oxygens (including phenoxy) is 1. The largest absolute Gasteiger partial charge is 0.497 e. The standard InChI is InChI=1S/C32H41N3O3/c1-32-14-15-34(17-16-33(2)3)30(32)26-19-23(38-4)11-13-24(26)29-28(21-8-6-5-7-9-21)25-12-10-22(31(36)37)18-27(25)35(29)20-32/h10-13,18-19,21,30H,5-9,14-17,20H2,1-4H3,(H,36,37)/t30-,32-/m0/s1. The summed E-state index contributed by atoms with van der Waals surface area (Å²) < 4.78 is 8.28. The number of benzene rings is 2. The predicted molar refractivity (Wildman–Crippen MR) is 152 cm³/mol. The first kappa shape index (κ1) is 25.4. The Bertz CT molecular complexity index is 1370. The fourth-order valence-corrected chi connectivity index (χ4v) is 7.65. The summed E-state index contributed by atoms with van der Waals surface area (Å²) in [6.45, 7) is 6.44. The fourth-order valence-electron chi connectivity index (χ4n) is 7.65. The Labute approximate surface area is 226 Å². The van der Waals surface area contributed by atoms with Crippen LogP contribution in [-0.4, -0.2) is 66.3 Å². The summed E-state index contributed by atoms with van der Waals surface area (Å²) in [6.07, 6.45) is 7.35. The molecule has 0 radical (unpaired) electrons. The molecule has 1 aliphatic carbocycles. The van der Waals surface area contributed by atoms with Gasteiger partial charge in [0.25, 0.3) is 0 Å². The SMILES string of the molecule is COc1ccc2c(c1)[C@@H]1N(CCN(C)C)CC[C@@]1(C)Cn1c-2c(C2CCCCC2)c2ccc(C(=O)O)cc21. The smallest absolute Gasteiger partial charge is 0.335 e. The van der Waals surface area contributed by atoms with Gasteiger partial charge in [0.2, 0.25) is 0 Å². The van der Waals surface area contributed by atoms with Gasteiger partial charge in [-0.15, -0.1) is 0 Å². The second kappa shape index (κ2) is 9.73. The maximum Gasteiger partial charge on any atom is 0.335 e. The van der Waals surface area contributed by atoms with E-state index in [9.17, 15) is 9.90 Å². The molecule has 3 heterocycles. The Morgan fingerprint density at radius 1 is 1.13 bits per heavy atom. The lowest BCUT2D eigenvalue weighted by atomic mass is 9.77. The summed E-state index contributed by atoms with van der Waals surface area (Å²) in [7, 11) is 6.05. The van der Waals surface area contributed by atoms with Crippen molar-refractivity contribution in [1.82, 2.24) is 14.4 Å². The summed E-state index contributed by atoms with van der Waals surface area (Å²) in [6, 6.07) is 12.8. The number of methoxy groups -OCH3 is 1. The molecule has 0 spiro atoms. The van der Waals surface area contributed by atoms with E-state index in [0.717, 1.165) is 43.9 Å². The van der Waals surface area contributed by atoms with Gasteiger partial charge in [-0.2, -0.15) is 0 Å². The van der Waals surface area contributed by atoms with Crippen molar-refractivity contribution in [2.24, 2.45) is 5.41 Å². The lowest BCUT2D eigenvalue weighted by Crippen LogP contribution is -2.36. The maximum absolute atomic E-state index is 12.0. The van der Waals surface area contributed by atoms with Crippen LogP contribution in [0.1, 0.15) is 78.9 Å². The van der Waals surface area contributed by atoms with Crippen molar-refractivity contribution in [2.45, 2.75) is 64.0 Å². The second-order valence-electron chi connectivity index (χ2n) is 12.3. The fraction of sp³-hybridized carbons (Fsp3) is 0.531. The molecule has 6 heteroatoms. The van der Waals surface area contributed by atoms with Crippen LogP contribution in [0.15, 0.2) is 36.4 Å². The van der Waals surface area contributed by atoms with E-state index < -0.39 is 5.97 Å². The van der Waals surface area contributed by atoms with Crippen LogP contribution in [0.2, 0.25) is 0 Å². The van der Waals surface area contributed by atoms with Gasteiger partial charge in [-0.3, -0.25) is 4.90 Å². The number of carboxylic acid groups (broad SMARTS) is 1. The Morgan fingerprint density at radius 3 is 2.63 bits per heavy atom. The van der Waals surface area contributed by atoms with Gasteiger partial charge in [0, 0.05) is 47.6 Å². The van der Waals surface area contributed by atoms with Crippen molar-refractivity contribution >= 4 is 16.9 Å². The predicted octanol–water partition coefficient (Wildman–Crippen LogP) is 6.39. The molecule has 3 aliphatic rings.